The molecule has 100 valence electrons. The Balaban J connectivity index is 0.00000256. The van der Waals surface area contributed by atoms with Crippen LogP contribution in [0.4, 0.5) is 0 Å². The molecule has 0 heterocycles. The third-order valence-electron chi connectivity index (χ3n) is 3.48. The maximum Gasteiger partial charge on any atom is 0.225 e. The van der Waals surface area contributed by atoms with Crippen LogP contribution in [0.1, 0.15) is 46.0 Å². The van der Waals surface area contributed by atoms with Crippen molar-refractivity contribution in [3.63, 3.8) is 0 Å². The van der Waals surface area contributed by atoms with Crippen LogP contribution in [0.15, 0.2) is 12.7 Å². The maximum absolute atomic E-state index is 12.1. The molecule has 0 spiro atoms. The van der Waals surface area contributed by atoms with Crippen molar-refractivity contribution in [3.05, 3.63) is 12.7 Å². The van der Waals surface area contributed by atoms with Crippen LogP contribution in [0.3, 0.4) is 0 Å². The summed E-state index contributed by atoms with van der Waals surface area (Å²) in [4.78, 5) is 12.1. The lowest BCUT2D eigenvalue weighted by Crippen LogP contribution is -2.53. The summed E-state index contributed by atoms with van der Waals surface area (Å²) in [5.74, 6) is 0.0764. The summed E-state index contributed by atoms with van der Waals surface area (Å²) in [7, 11) is 0. The number of nitrogens with one attached hydrogen (secondary N) is 1. The van der Waals surface area contributed by atoms with E-state index in [0.717, 1.165) is 32.1 Å². The van der Waals surface area contributed by atoms with Gasteiger partial charge in [-0.3, -0.25) is 4.79 Å². The second-order valence-corrected chi connectivity index (χ2v) is 5.24. The topological polar surface area (TPSA) is 55.1 Å². The van der Waals surface area contributed by atoms with Crippen LogP contribution in [0.2, 0.25) is 0 Å². The average Bonchev–Trinajstić information content (AvgIpc) is 2.16. The van der Waals surface area contributed by atoms with Gasteiger partial charge in [-0.15, -0.1) is 19.0 Å². The van der Waals surface area contributed by atoms with E-state index < -0.39 is 0 Å². The molecule has 17 heavy (non-hydrogen) atoms. The molecule has 1 rings (SSSR count). The lowest BCUT2D eigenvalue weighted by molar-refractivity contribution is -0.128. The monoisotopic (exact) mass is 260 g/mol. The zero-order valence-electron chi connectivity index (χ0n) is 10.9. The zero-order valence-corrected chi connectivity index (χ0v) is 11.7. The predicted octanol–water partition coefficient (Wildman–Crippen LogP) is 2.40. The molecule has 3 unspecified atom stereocenters. The summed E-state index contributed by atoms with van der Waals surface area (Å²) in [6, 6.07) is 0.155. The van der Waals surface area contributed by atoms with E-state index in [9.17, 15) is 4.79 Å². The van der Waals surface area contributed by atoms with Crippen LogP contribution >= 0.6 is 12.4 Å². The Morgan fingerprint density at radius 2 is 2.29 bits per heavy atom. The fourth-order valence-electron chi connectivity index (χ4n) is 2.44. The minimum Gasteiger partial charge on any atom is -0.353 e. The molecule has 0 aromatic carbocycles. The van der Waals surface area contributed by atoms with Crippen molar-refractivity contribution >= 4 is 18.3 Å². The standard InChI is InChI=1S/C13H24N2O.ClH/c1-4-7-10(2)15-12(16)11-8-5-6-9-13(11,3)14;/h4,10-11H,1,5-9,14H2,2-3H3,(H,15,16);1H. The zero-order chi connectivity index (χ0) is 12.2. The Morgan fingerprint density at radius 3 is 2.82 bits per heavy atom. The molecule has 3 N–H and O–H groups in total. The SMILES string of the molecule is C=CCC(C)NC(=O)C1CCCCC1(C)N.Cl. The van der Waals surface area contributed by atoms with Crippen molar-refractivity contribution in [2.75, 3.05) is 0 Å². The van der Waals surface area contributed by atoms with Gasteiger partial charge in [0.1, 0.15) is 0 Å². The molecule has 3 nitrogen and oxygen atoms in total. The van der Waals surface area contributed by atoms with E-state index in [1.54, 1.807) is 0 Å². The minimum atomic E-state index is -0.337. The van der Waals surface area contributed by atoms with Crippen molar-refractivity contribution in [1.29, 1.82) is 0 Å². The molecule has 1 saturated carbocycles. The molecule has 1 aliphatic rings. The molecular weight excluding hydrogens is 236 g/mol. The molecule has 0 bridgehead atoms. The highest BCUT2D eigenvalue weighted by molar-refractivity contribution is 5.85. The van der Waals surface area contributed by atoms with Crippen LogP contribution in [0.5, 0.6) is 0 Å². The molecule has 1 amide bonds. The van der Waals surface area contributed by atoms with E-state index >= 15 is 0 Å². The second-order valence-electron chi connectivity index (χ2n) is 5.24. The first-order valence-electron chi connectivity index (χ1n) is 6.17. The number of rotatable bonds is 4. The van der Waals surface area contributed by atoms with E-state index in [1.807, 2.05) is 19.9 Å². The van der Waals surface area contributed by atoms with E-state index in [0.29, 0.717) is 0 Å². The second kappa shape index (κ2) is 7.02. The average molecular weight is 261 g/mol. The summed E-state index contributed by atoms with van der Waals surface area (Å²) in [5, 5.41) is 3.02. The third-order valence-corrected chi connectivity index (χ3v) is 3.48. The molecule has 0 radical (unpaired) electrons. The van der Waals surface area contributed by atoms with Gasteiger partial charge in [0.05, 0.1) is 5.92 Å². The van der Waals surface area contributed by atoms with Gasteiger partial charge in [-0.2, -0.15) is 0 Å². The van der Waals surface area contributed by atoms with E-state index in [-0.39, 0.29) is 35.8 Å². The Morgan fingerprint density at radius 1 is 1.65 bits per heavy atom. The van der Waals surface area contributed by atoms with E-state index in [4.69, 9.17) is 5.73 Å². The number of hydrogen-bond acceptors (Lipinski definition) is 2. The first kappa shape index (κ1) is 16.5. The van der Waals surface area contributed by atoms with Gasteiger partial charge in [0, 0.05) is 11.6 Å². The summed E-state index contributed by atoms with van der Waals surface area (Å²) in [6.45, 7) is 7.66. The summed E-state index contributed by atoms with van der Waals surface area (Å²) in [5.41, 5.74) is 5.85. The van der Waals surface area contributed by atoms with Gasteiger partial charge in [-0.1, -0.05) is 18.9 Å². The molecule has 1 aliphatic carbocycles. The molecule has 4 heteroatoms. The summed E-state index contributed by atoms with van der Waals surface area (Å²) < 4.78 is 0. The highest BCUT2D eigenvalue weighted by Crippen LogP contribution is 2.31. The number of halogens is 1. The van der Waals surface area contributed by atoms with Gasteiger partial charge < -0.3 is 11.1 Å². The van der Waals surface area contributed by atoms with Crippen molar-refractivity contribution in [2.45, 2.75) is 57.5 Å². The largest absolute Gasteiger partial charge is 0.353 e. The van der Waals surface area contributed by atoms with Crippen molar-refractivity contribution in [2.24, 2.45) is 11.7 Å². The first-order valence-corrected chi connectivity index (χ1v) is 6.17. The van der Waals surface area contributed by atoms with Gasteiger partial charge in [-0.25, -0.2) is 0 Å². The van der Waals surface area contributed by atoms with Crippen LogP contribution in [0.25, 0.3) is 0 Å². The van der Waals surface area contributed by atoms with Gasteiger partial charge in [0.2, 0.25) is 5.91 Å². The van der Waals surface area contributed by atoms with Crippen LogP contribution in [0, 0.1) is 5.92 Å². The number of amides is 1. The fourth-order valence-corrected chi connectivity index (χ4v) is 2.44. The fraction of sp³-hybridized carbons (Fsp3) is 0.769. The summed E-state index contributed by atoms with van der Waals surface area (Å²) in [6.07, 6.45) is 6.74. The minimum absolute atomic E-state index is 0. The van der Waals surface area contributed by atoms with Crippen molar-refractivity contribution < 1.29 is 4.79 Å². The van der Waals surface area contributed by atoms with Crippen LogP contribution in [-0.4, -0.2) is 17.5 Å². The number of carbonyl (C=O) groups is 1. The van der Waals surface area contributed by atoms with Gasteiger partial charge >= 0.3 is 0 Å². The molecule has 0 aromatic rings. The lowest BCUT2D eigenvalue weighted by atomic mass is 9.74. The molecule has 3 atom stereocenters. The van der Waals surface area contributed by atoms with Crippen LogP contribution < -0.4 is 11.1 Å². The maximum atomic E-state index is 12.1. The Kier molecular flexibility index (Phi) is 6.80. The molecule has 0 aromatic heterocycles. The van der Waals surface area contributed by atoms with Crippen molar-refractivity contribution in [1.82, 2.24) is 5.32 Å². The highest BCUT2D eigenvalue weighted by atomic mass is 35.5. The smallest absolute Gasteiger partial charge is 0.225 e. The molecule has 0 saturated heterocycles. The number of carbonyl (C=O) groups excluding carboxylic acids is 1. The molecule has 1 fully saturated rings. The Bertz CT molecular complexity index is 266. The number of nitrogens with two attached hydrogens (primary N) is 1. The summed E-state index contributed by atoms with van der Waals surface area (Å²) >= 11 is 0. The highest BCUT2D eigenvalue weighted by Gasteiger charge is 2.37. The predicted molar refractivity (Wildman–Crippen MR) is 74.2 cm³/mol. The van der Waals surface area contributed by atoms with E-state index in [1.165, 1.54) is 0 Å². The van der Waals surface area contributed by atoms with E-state index in [2.05, 4.69) is 11.9 Å². The molecule has 0 aliphatic heterocycles. The van der Waals surface area contributed by atoms with Crippen LogP contribution in [-0.2, 0) is 4.79 Å². The number of hydrogen-bond donors (Lipinski definition) is 2. The lowest BCUT2D eigenvalue weighted by Gasteiger charge is -2.37. The van der Waals surface area contributed by atoms with Crippen molar-refractivity contribution in [3.8, 4) is 0 Å². The Labute approximate surface area is 111 Å². The van der Waals surface area contributed by atoms with Gasteiger partial charge in [0.25, 0.3) is 0 Å². The first-order chi connectivity index (χ1) is 7.47. The van der Waals surface area contributed by atoms with Gasteiger partial charge in [0.15, 0.2) is 0 Å². The van der Waals surface area contributed by atoms with Gasteiger partial charge in [-0.05, 0) is 33.1 Å². The normalized spacial score (nSPS) is 29.9. The molecular formula is C13H25ClN2O. The third kappa shape index (κ3) is 4.68. The Hall–Kier alpha value is -0.540. The quantitative estimate of drug-likeness (QED) is 0.763.